The maximum atomic E-state index is 13.6. The van der Waals surface area contributed by atoms with Crippen molar-refractivity contribution in [1.29, 1.82) is 0 Å². The molecule has 0 radical (unpaired) electrons. The number of hydrogen-bond acceptors (Lipinski definition) is 1. The summed E-state index contributed by atoms with van der Waals surface area (Å²) in [6.45, 7) is 6.00. The Balaban J connectivity index is 2.69. The minimum Gasteiger partial charge on any atom is -0.316 e. The monoisotopic (exact) mass is 177 g/mol. The van der Waals surface area contributed by atoms with Gasteiger partial charge in [0.05, 0.1) is 0 Å². The molecule has 1 fully saturated rings. The molecule has 1 N–H and O–H groups in total. The summed E-state index contributed by atoms with van der Waals surface area (Å²) >= 11 is 0. The van der Waals surface area contributed by atoms with Gasteiger partial charge in [0, 0.05) is 17.9 Å². The van der Waals surface area contributed by atoms with E-state index in [-0.39, 0.29) is 0 Å². The first-order valence-electron chi connectivity index (χ1n) is 4.44. The summed E-state index contributed by atoms with van der Waals surface area (Å²) in [5.74, 6) is -3.02. The number of halogens is 2. The summed E-state index contributed by atoms with van der Waals surface area (Å²) in [5, 5.41) is 2.97. The van der Waals surface area contributed by atoms with Crippen LogP contribution in [-0.4, -0.2) is 19.0 Å². The highest BCUT2D eigenvalue weighted by molar-refractivity contribution is 4.91. The van der Waals surface area contributed by atoms with Gasteiger partial charge >= 0.3 is 0 Å². The molecule has 0 spiro atoms. The van der Waals surface area contributed by atoms with E-state index in [1.807, 2.05) is 0 Å². The molecule has 1 rings (SSSR count). The maximum absolute atomic E-state index is 13.6. The quantitative estimate of drug-likeness (QED) is 0.648. The molecule has 72 valence electrons. The second-order valence-corrected chi connectivity index (χ2v) is 4.56. The minimum atomic E-state index is -2.55. The molecule has 1 heterocycles. The first-order valence-corrected chi connectivity index (χ1v) is 4.44. The van der Waals surface area contributed by atoms with Crippen molar-refractivity contribution in [3.63, 3.8) is 0 Å². The number of alkyl halides is 2. The molecule has 0 bridgehead atoms. The second kappa shape index (κ2) is 2.95. The van der Waals surface area contributed by atoms with Crippen LogP contribution in [0.5, 0.6) is 0 Å². The number of rotatable bonds is 1. The van der Waals surface area contributed by atoms with Gasteiger partial charge in [-0.1, -0.05) is 20.8 Å². The van der Waals surface area contributed by atoms with E-state index in [0.717, 1.165) is 6.54 Å². The van der Waals surface area contributed by atoms with Crippen LogP contribution in [0.15, 0.2) is 0 Å². The fraction of sp³-hybridized carbons (Fsp3) is 1.00. The highest BCUT2D eigenvalue weighted by atomic mass is 19.3. The van der Waals surface area contributed by atoms with Gasteiger partial charge in [-0.25, -0.2) is 8.78 Å². The molecule has 0 aromatic heterocycles. The van der Waals surface area contributed by atoms with E-state index in [2.05, 4.69) is 5.32 Å². The van der Waals surface area contributed by atoms with Gasteiger partial charge in [-0.3, -0.25) is 0 Å². The molecule has 0 aromatic rings. The molecule has 0 saturated carbocycles. The molecule has 1 saturated heterocycles. The molecule has 1 nitrogen and oxygen atoms in total. The molecule has 0 aliphatic carbocycles. The van der Waals surface area contributed by atoms with Crippen molar-refractivity contribution in [3.05, 3.63) is 0 Å². The lowest BCUT2D eigenvalue weighted by atomic mass is 9.80. The molecular formula is C9H17F2N. The molecule has 0 amide bonds. The maximum Gasteiger partial charge on any atom is 0.256 e. The van der Waals surface area contributed by atoms with Gasteiger partial charge in [-0.2, -0.15) is 0 Å². The van der Waals surface area contributed by atoms with Crippen LogP contribution in [0.4, 0.5) is 8.78 Å². The van der Waals surface area contributed by atoms with Crippen molar-refractivity contribution in [2.75, 3.05) is 13.1 Å². The van der Waals surface area contributed by atoms with Gasteiger partial charge < -0.3 is 5.32 Å². The Kier molecular flexibility index (Phi) is 2.43. The molecule has 3 heteroatoms. The Morgan fingerprint density at radius 3 is 2.17 bits per heavy atom. The summed E-state index contributed by atoms with van der Waals surface area (Å²) in [7, 11) is 0. The summed E-state index contributed by atoms with van der Waals surface area (Å²) in [6, 6.07) is 0. The lowest BCUT2D eigenvalue weighted by Gasteiger charge is -2.34. The van der Waals surface area contributed by atoms with Crippen LogP contribution >= 0.6 is 0 Å². The Morgan fingerprint density at radius 2 is 1.83 bits per heavy atom. The van der Waals surface area contributed by atoms with Crippen molar-refractivity contribution < 1.29 is 8.78 Å². The molecule has 1 aliphatic heterocycles. The summed E-state index contributed by atoms with van der Waals surface area (Å²) in [5.41, 5.74) is -0.913. The van der Waals surface area contributed by atoms with Crippen molar-refractivity contribution in [3.8, 4) is 0 Å². The van der Waals surface area contributed by atoms with E-state index in [1.54, 1.807) is 20.8 Å². The smallest absolute Gasteiger partial charge is 0.256 e. The van der Waals surface area contributed by atoms with Crippen molar-refractivity contribution >= 4 is 0 Å². The predicted molar refractivity (Wildman–Crippen MR) is 45.4 cm³/mol. The molecular weight excluding hydrogens is 160 g/mol. The van der Waals surface area contributed by atoms with Crippen LogP contribution in [0.1, 0.15) is 27.2 Å². The van der Waals surface area contributed by atoms with E-state index in [4.69, 9.17) is 0 Å². The van der Waals surface area contributed by atoms with Crippen molar-refractivity contribution in [1.82, 2.24) is 5.32 Å². The third-order valence-corrected chi connectivity index (χ3v) is 2.57. The minimum absolute atomic E-state index is 0.463. The average Bonchev–Trinajstić information content (AvgIpc) is 2.34. The number of hydrogen-bond donors (Lipinski definition) is 1. The molecule has 12 heavy (non-hydrogen) atoms. The van der Waals surface area contributed by atoms with E-state index < -0.39 is 17.3 Å². The van der Waals surface area contributed by atoms with Gasteiger partial charge in [0.1, 0.15) is 0 Å². The van der Waals surface area contributed by atoms with E-state index in [9.17, 15) is 8.78 Å². The molecule has 1 atom stereocenters. The summed E-state index contributed by atoms with van der Waals surface area (Å²) in [4.78, 5) is 0. The highest BCUT2D eigenvalue weighted by Gasteiger charge is 2.50. The third kappa shape index (κ3) is 1.60. The zero-order valence-electron chi connectivity index (χ0n) is 7.95. The summed E-state index contributed by atoms with van der Waals surface area (Å²) in [6.07, 6.45) is 0.601. The topological polar surface area (TPSA) is 12.0 Å². The van der Waals surface area contributed by atoms with Crippen LogP contribution in [0.3, 0.4) is 0 Å². The Labute approximate surface area is 72.5 Å². The molecule has 1 unspecified atom stereocenters. The molecule has 1 aliphatic rings. The SMILES string of the molecule is CC(C)(C)C(F)(F)C1CCNC1. The fourth-order valence-corrected chi connectivity index (χ4v) is 1.58. The van der Waals surface area contributed by atoms with Gasteiger partial charge in [-0.05, 0) is 13.0 Å². The Bertz CT molecular complexity index is 154. The average molecular weight is 177 g/mol. The standard InChI is InChI=1S/C9H17F2N/c1-8(2,3)9(10,11)7-4-5-12-6-7/h7,12H,4-6H2,1-3H3. The van der Waals surface area contributed by atoms with Gasteiger partial charge in [0.15, 0.2) is 0 Å². The fourth-order valence-electron chi connectivity index (χ4n) is 1.58. The zero-order chi connectivity index (χ0) is 9.41. The predicted octanol–water partition coefficient (Wildman–Crippen LogP) is 2.28. The summed E-state index contributed by atoms with van der Waals surface area (Å²) < 4.78 is 27.2. The Morgan fingerprint density at radius 1 is 1.25 bits per heavy atom. The number of nitrogens with one attached hydrogen (secondary N) is 1. The van der Waals surface area contributed by atoms with Gasteiger partial charge in [-0.15, -0.1) is 0 Å². The Hall–Kier alpha value is -0.180. The second-order valence-electron chi connectivity index (χ2n) is 4.56. The lowest BCUT2D eigenvalue weighted by molar-refractivity contribution is -0.137. The van der Waals surface area contributed by atoms with E-state index >= 15 is 0 Å². The van der Waals surface area contributed by atoms with Crippen molar-refractivity contribution in [2.24, 2.45) is 11.3 Å². The van der Waals surface area contributed by atoms with Gasteiger partial charge in [0.2, 0.25) is 0 Å². The molecule has 0 aromatic carbocycles. The zero-order valence-corrected chi connectivity index (χ0v) is 7.95. The van der Waals surface area contributed by atoms with E-state index in [1.165, 1.54) is 0 Å². The largest absolute Gasteiger partial charge is 0.316 e. The van der Waals surface area contributed by atoms with Crippen LogP contribution in [0.25, 0.3) is 0 Å². The van der Waals surface area contributed by atoms with Crippen LogP contribution < -0.4 is 5.32 Å². The lowest BCUT2D eigenvalue weighted by Crippen LogP contribution is -2.42. The first-order chi connectivity index (χ1) is 5.36. The van der Waals surface area contributed by atoms with Crippen LogP contribution in [0.2, 0.25) is 0 Å². The van der Waals surface area contributed by atoms with Crippen LogP contribution in [0, 0.1) is 11.3 Å². The normalized spacial score (nSPS) is 26.2. The van der Waals surface area contributed by atoms with Crippen LogP contribution in [-0.2, 0) is 0 Å². The first kappa shape index (κ1) is 9.90. The van der Waals surface area contributed by atoms with E-state index in [0.29, 0.717) is 13.0 Å². The highest BCUT2D eigenvalue weighted by Crippen LogP contribution is 2.43. The third-order valence-electron chi connectivity index (χ3n) is 2.57. The van der Waals surface area contributed by atoms with Gasteiger partial charge in [0.25, 0.3) is 5.92 Å². The van der Waals surface area contributed by atoms with Crippen molar-refractivity contribution in [2.45, 2.75) is 33.1 Å².